The van der Waals surface area contributed by atoms with Crippen LogP contribution in [-0.4, -0.2) is 12.8 Å². The molecule has 110 valence electrons. The first-order valence-corrected chi connectivity index (χ1v) is 5.01. The minimum absolute atomic E-state index is 0.236. The van der Waals surface area contributed by atoms with Gasteiger partial charge in [-0.15, -0.1) is 0 Å². The average Bonchev–Trinajstić information content (AvgIpc) is 2.28. The molecule has 1 atom stereocenters. The number of hydrogen-bond donors (Lipinski definition) is 0. The van der Waals surface area contributed by atoms with Crippen LogP contribution < -0.4 is 4.74 Å². The fourth-order valence-corrected chi connectivity index (χ4v) is 1.20. The maximum atomic E-state index is 12.9. The summed E-state index contributed by atoms with van der Waals surface area (Å²) in [5, 5.41) is 8.28. The quantitative estimate of drug-likeness (QED) is 0.793. The number of benzene rings is 1. The number of nitrogens with zero attached hydrogens (tertiary/aromatic N) is 1. The molecule has 1 aromatic rings. The number of nitriles is 1. The summed E-state index contributed by atoms with van der Waals surface area (Å²) in [6.45, 7) is -1.18. The fraction of sp³-hybridized carbons (Fsp3) is 0.364. The van der Waals surface area contributed by atoms with Gasteiger partial charge >= 0.3 is 12.4 Å². The van der Waals surface area contributed by atoms with Crippen LogP contribution in [0.3, 0.4) is 0 Å². The van der Waals surface area contributed by atoms with Gasteiger partial charge in [0.2, 0.25) is 0 Å². The van der Waals surface area contributed by atoms with Gasteiger partial charge in [0.05, 0.1) is 11.6 Å². The van der Waals surface area contributed by atoms with Gasteiger partial charge in [0.25, 0.3) is 0 Å². The number of rotatable bonds is 3. The van der Waals surface area contributed by atoms with Crippen molar-refractivity contribution >= 4 is 0 Å². The summed E-state index contributed by atoms with van der Waals surface area (Å²) < 4.78 is 91.1. The molecule has 0 spiro atoms. The summed E-state index contributed by atoms with van der Waals surface area (Å²) in [6, 6.07) is 2.33. The highest BCUT2D eigenvalue weighted by molar-refractivity contribution is 5.31. The van der Waals surface area contributed by atoms with Crippen molar-refractivity contribution in [3.63, 3.8) is 0 Å². The Labute approximate surface area is 108 Å². The Balaban J connectivity index is 2.88. The molecule has 1 aromatic carbocycles. The van der Waals surface area contributed by atoms with E-state index in [1.165, 1.54) is 0 Å². The van der Waals surface area contributed by atoms with Gasteiger partial charge in [0.15, 0.2) is 5.92 Å². The minimum atomic E-state index is -5.00. The van der Waals surface area contributed by atoms with E-state index in [0.717, 1.165) is 12.1 Å². The minimum Gasteiger partial charge on any atom is -0.492 e. The van der Waals surface area contributed by atoms with Gasteiger partial charge in [-0.25, -0.2) is 4.39 Å². The van der Waals surface area contributed by atoms with Crippen LogP contribution in [0.25, 0.3) is 0 Å². The number of alkyl halides is 6. The van der Waals surface area contributed by atoms with Crippen LogP contribution in [0.4, 0.5) is 30.7 Å². The fourth-order valence-electron chi connectivity index (χ4n) is 1.20. The number of ether oxygens (including phenoxy) is 1. The van der Waals surface area contributed by atoms with Crippen LogP contribution in [0.1, 0.15) is 5.56 Å². The molecule has 20 heavy (non-hydrogen) atoms. The maximum absolute atomic E-state index is 12.9. The molecule has 0 aliphatic heterocycles. The molecule has 0 fully saturated rings. The van der Waals surface area contributed by atoms with Crippen molar-refractivity contribution in [1.29, 1.82) is 5.26 Å². The normalized spacial score (nSPS) is 13.7. The predicted molar refractivity (Wildman–Crippen MR) is 52.1 cm³/mol. The summed E-state index contributed by atoms with van der Waals surface area (Å²) in [5.74, 6) is -4.66. The standard InChI is InChI=1S/C11H6F7NO/c12-9-2-1-7(3-8(9)11(16,17)18)20-5-6(4-19)10(13,14)15/h1-3,6H,5H2. The highest BCUT2D eigenvalue weighted by Gasteiger charge is 2.41. The Morgan fingerprint density at radius 3 is 2.20 bits per heavy atom. The smallest absolute Gasteiger partial charge is 0.419 e. The zero-order valence-electron chi connectivity index (χ0n) is 9.52. The Kier molecular flexibility index (Phi) is 4.47. The molecule has 2 nitrogen and oxygen atoms in total. The second kappa shape index (κ2) is 5.56. The zero-order chi connectivity index (χ0) is 15.6. The molecule has 0 N–H and O–H groups in total. The van der Waals surface area contributed by atoms with Crippen LogP contribution in [0.2, 0.25) is 0 Å². The average molecular weight is 301 g/mol. The SMILES string of the molecule is N#CC(COc1ccc(F)c(C(F)(F)F)c1)C(F)(F)F. The summed E-state index contributed by atoms with van der Waals surface area (Å²) in [4.78, 5) is 0. The largest absolute Gasteiger partial charge is 0.492 e. The zero-order valence-corrected chi connectivity index (χ0v) is 9.52. The van der Waals surface area contributed by atoms with E-state index in [0.29, 0.717) is 6.07 Å². The van der Waals surface area contributed by atoms with Gasteiger partial charge in [0.1, 0.15) is 18.2 Å². The van der Waals surface area contributed by atoms with Crippen LogP contribution in [-0.2, 0) is 6.18 Å². The maximum Gasteiger partial charge on any atom is 0.419 e. The molecular weight excluding hydrogens is 295 g/mol. The van der Waals surface area contributed by atoms with E-state index < -0.39 is 42.0 Å². The van der Waals surface area contributed by atoms with Crippen molar-refractivity contribution < 1.29 is 35.5 Å². The topological polar surface area (TPSA) is 33.0 Å². The second-order valence-electron chi connectivity index (χ2n) is 3.67. The van der Waals surface area contributed by atoms with Crippen molar-refractivity contribution in [1.82, 2.24) is 0 Å². The highest BCUT2D eigenvalue weighted by atomic mass is 19.4. The summed E-state index contributed by atoms with van der Waals surface area (Å²) in [6.07, 6.45) is -9.86. The Bertz CT molecular complexity index is 515. The van der Waals surface area contributed by atoms with E-state index in [2.05, 4.69) is 4.74 Å². The molecular formula is C11H6F7NO. The van der Waals surface area contributed by atoms with Gasteiger partial charge in [-0.3, -0.25) is 0 Å². The van der Waals surface area contributed by atoms with E-state index >= 15 is 0 Å². The van der Waals surface area contributed by atoms with E-state index in [-0.39, 0.29) is 6.07 Å². The van der Waals surface area contributed by atoms with Crippen molar-refractivity contribution in [2.24, 2.45) is 5.92 Å². The van der Waals surface area contributed by atoms with E-state index in [1.54, 1.807) is 0 Å². The lowest BCUT2D eigenvalue weighted by Gasteiger charge is -2.15. The van der Waals surface area contributed by atoms with Crippen molar-refractivity contribution in [2.75, 3.05) is 6.61 Å². The first-order valence-electron chi connectivity index (χ1n) is 5.01. The Morgan fingerprint density at radius 2 is 1.75 bits per heavy atom. The lowest BCUT2D eigenvalue weighted by Crippen LogP contribution is -2.27. The molecule has 0 amide bonds. The monoisotopic (exact) mass is 301 g/mol. The van der Waals surface area contributed by atoms with E-state index in [1.807, 2.05) is 0 Å². The summed E-state index contributed by atoms with van der Waals surface area (Å²) in [5.41, 5.74) is -1.66. The molecule has 1 rings (SSSR count). The second-order valence-corrected chi connectivity index (χ2v) is 3.67. The first-order chi connectivity index (χ1) is 9.05. The lowest BCUT2D eigenvalue weighted by atomic mass is 10.1. The van der Waals surface area contributed by atoms with Crippen LogP contribution in [0.15, 0.2) is 18.2 Å². The van der Waals surface area contributed by atoms with Gasteiger partial charge in [0, 0.05) is 0 Å². The van der Waals surface area contributed by atoms with Crippen molar-refractivity contribution in [3.8, 4) is 11.8 Å². The van der Waals surface area contributed by atoms with Gasteiger partial charge in [-0.2, -0.15) is 31.6 Å². The Morgan fingerprint density at radius 1 is 1.15 bits per heavy atom. The predicted octanol–water partition coefficient (Wildman–Crippen LogP) is 3.93. The van der Waals surface area contributed by atoms with Gasteiger partial charge < -0.3 is 4.74 Å². The van der Waals surface area contributed by atoms with Crippen molar-refractivity contribution in [3.05, 3.63) is 29.6 Å². The molecule has 0 saturated carbocycles. The van der Waals surface area contributed by atoms with E-state index in [9.17, 15) is 30.7 Å². The molecule has 0 aliphatic rings. The van der Waals surface area contributed by atoms with Gasteiger partial charge in [-0.1, -0.05) is 0 Å². The highest BCUT2D eigenvalue weighted by Crippen LogP contribution is 2.34. The van der Waals surface area contributed by atoms with E-state index in [4.69, 9.17) is 5.26 Å². The van der Waals surface area contributed by atoms with Gasteiger partial charge in [-0.05, 0) is 18.2 Å². The third kappa shape index (κ3) is 4.01. The van der Waals surface area contributed by atoms with Crippen molar-refractivity contribution in [2.45, 2.75) is 12.4 Å². The molecule has 0 heterocycles. The molecule has 9 heteroatoms. The summed E-state index contributed by atoms with van der Waals surface area (Å²) in [7, 11) is 0. The molecule has 0 aromatic heterocycles. The lowest BCUT2D eigenvalue weighted by molar-refractivity contribution is -0.165. The third-order valence-corrected chi connectivity index (χ3v) is 2.21. The molecule has 0 radical (unpaired) electrons. The molecule has 0 aliphatic carbocycles. The molecule has 0 bridgehead atoms. The third-order valence-electron chi connectivity index (χ3n) is 2.21. The number of hydrogen-bond acceptors (Lipinski definition) is 2. The summed E-state index contributed by atoms with van der Waals surface area (Å²) >= 11 is 0. The van der Waals surface area contributed by atoms with Crippen LogP contribution >= 0.6 is 0 Å². The van der Waals surface area contributed by atoms with Crippen LogP contribution in [0, 0.1) is 23.1 Å². The molecule has 0 saturated heterocycles. The molecule has 1 unspecified atom stereocenters. The number of halogens is 7. The first kappa shape index (κ1) is 16.1. The Hall–Kier alpha value is -1.98. The van der Waals surface area contributed by atoms with Crippen LogP contribution in [0.5, 0.6) is 5.75 Å².